The van der Waals surface area contributed by atoms with Gasteiger partial charge in [-0.15, -0.1) is 0 Å². The Balaban J connectivity index is 3.24. The summed E-state index contributed by atoms with van der Waals surface area (Å²) in [4.78, 5) is 0. The molecule has 3 heteroatoms. The highest BCUT2D eigenvalue weighted by Gasteiger charge is 1.98. The van der Waals surface area contributed by atoms with Crippen LogP contribution in [0, 0.1) is 11.3 Å². The minimum atomic E-state index is -0.780. The molecule has 0 aliphatic rings. The van der Waals surface area contributed by atoms with Crippen LogP contribution in [0.3, 0.4) is 0 Å². The Hall–Kier alpha value is -0.180. The van der Waals surface area contributed by atoms with Crippen LogP contribution in [-0.4, -0.2) is 21.9 Å². The molecule has 1 atom stereocenters. The normalized spacial score (nSPS) is 13.4. The molecule has 0 radical (unpaired) electrons. The third kappa shape index (κ3) is 7.72. The predicted molar refractivity (Wildman–Crippen MR) is 50.7 cm³/mol. The lowest BCUT2D eigenvalue weighted by molar-refractivity contribution is 0.576. The van der Waals surface area contributed by atoms with Crippen molar-refractivity contribution in [1.82, 2.24) is 0 Å². The summed E-state index contributed by atoms with van der Waals surface area (Å²) in [6.45, 7) is 4.33. The largest absolute Gasteiger partial charge is 0.312 e. The summed E-state index contributed by atoms with van der Waals surface area (Å²) >= 11 is 0. The molecule has 0 rings (SSSR count). The molecule has 0 aromatic rings. The van der Waals surface area contributed by atoms with Crippen LogP contribution < -0.4 is 0 Å². The van der Waals surface area contributed by atoms with Gasteiger partial charge in [-0.1, -0.05) is 20.3 Å². The van der Waals surface area contributed by atoms with Crippen LogP contribution in [0.5, 0.6) is 0 Å². The van der Waals surface area contributed by atoms with E-state index in [0.717, 1.165) is 18.6 Å². The molecule has 11 heavy (non-hydrogen) atoms. The van der Waals surface area contributed by atoms with Crippen LogP contribution in [-0.2, 0) is 10.8 Å². The Kier molecular flexibility index (Phi) is 6.42. The fraction of sp³-hybridized carbons (Fsp3) is 0.875. The van der Waals surface area contributed by atoms with E-state index in [1.165, 1.54) is 6.21 Å². The van der Waals surface area contributed by atoms with Gasteiger partial charge in [0.25, 0.3) is 0 Å². The lowest BCUT2D eigenvalue weighted by Crippen LogP contribution is -2.04. The highest BCUT2D eigenvalue weighted by molar-refractivity contribution is 7.85. The fourth-order valence-electron chi connectivity index (χ4n) is 0.829. The molecule has 0 amide bonds. The van der Waals surface area contributed by atoms with Gasteiger partial charge in [-0.05, 0) is 12.3 Å². The molecule has 0 bridgehead atoms. The van der Waals surface area contributed by atoms with Crippen LogP contribution in [0.15, 0.2) is 0 Å². The molecule has 0 heterocycles. The Morgan fingerprint density at radius 3 is 2.64 bits per heavy atom. The average molecular weight is 175 g/mol. The minimum absolute atomic E-state index is 0.429. The van der Waals surface area contributed by atoms with Gasteiger partial charge in [0.05, 0.1) is 5.75 Å². The van der Waals surface area contributed by atoms with Crippen molar-refractivity contribution in [2.75, 3.05) is 11.5 Å². The van der Waals surface area contributed by atoms with E-state index in [1.54, 1.807) is 0 Å². The molecule has 0 spiro atoms. The first-order valence-electron chi connectivity index (χ1n) is 4.00. The number of hydrogen-bond acceptors (Lipinski definition) is 2. The maximum absolute atomic E-state index is 11.0. The number of nitrogens with one attached hydrogen (secondary N) is 1. The SMILES string of the molecule is CC(C)CCCS(=O)CC=N. The lowest BCUT2D eigenvalue weighted by Gasteiger charge is -2.02. The first-order chi connectivity index (χ1) is 5.16. The summed E-state index contributed by atoms with van der Waals surface area (Å²) in [5, 5.41) is 6.74. The summed E-state index contributed by atoms with van der Waals surface area (Å²) in [5.74, 6) is 1.89. The van der Waals surface area contributed by atoms with Gasteiger partial charge in [-0.3, -0.25) is 4.21 Å². The molecular formula is C8H17NOS. The van der Waals surface area contributed by atoms with Gasteiger partial charge in [-0.25, -0.2) is 0 Å². The monoisotopic (exact) mass is 175 g/mol. The van der Waals surface area contributed by atoms with Gasteiger partial charge in [0.2, 0.25) is 0 Å². The van der Waals surface area contributed by atoms with Gasteiger partial charge in [0.15, 0.2) is 0 Å². The van der Waals surface area contributed by atoms with Gasteiger partial charge in [-0.2, -0.15) is 0 Å². The lowest BCUT2D eigenvalue weighted by atomic mass is 10.1. The highest BCUT2D eigenvalue weighted by atomic mass is 32.2. The summed E-state index contributed by atoms with van der Waals surface area (Å²) in [6, 6.07) is 0. The average Bonchev–Trinajstić information content (AvgIpc) is 1.87. The minimum Gasteiger partial charge on any atom is -0.312 e. The topological polar surface area (TPSA) is 40.9 Å². The molecule has 0 aromatic carbocycles. The Bertz CT molecular complexity index is 134. The number of rotatable bonds is 6. The maximum atomic E-state index is 11.0. The standard InChI is InChI=1S/C8H17NOS/c1-8(2)4-3-6-11(10)7-5-9/h5,8-9H,3-4,6-7H2,1-2H3. The first kappa shape index (κ1) is 10.8. The van der Waals surface area contributed by atoms with Gasteiger partial charge < -0.3 is 5.41 Å². The molecular weight excluding hydrogens is 158 g/mol. The molecule has 0 fully saturated rings. The second-order valence-electron chi connectivity index (χ2n) is 3.05. The van der Waals surface area contributed by atoms with Crippen LogP contribution in [0.25, 0.3) is 0 Å². The van der Waals surface area contributed by atoms with Crippen molar-refractivity contribution in [3.63, 3.8) is 0 Å². The van der Waals surface area contributed by atoms with Crippen molar-refractivity contribution < 1.29 is 4.21 Å². The Morgan fingerprint density at radius 2 is 2.18 bits per heavy atom. The predicted octanol–water partition coefficient (Wildman–Crippen LogP) is 1.82. The molecule has 0 saturated carbocycles. The van der Waals surface area contributed by atoms with Crippen LogP contribution >= 0.6 is 0 Å². The Labute approximate surface area is 71.4 Å². The van der Waals surface area contributed by atoms with E-state index >= 15 is 0 Å². The summed E-state index contributed by atoms with van der Waals surface area (Å²) in [7, 11) is -0.780. The molecule has 0 aliphatic heterocycles. The summed E-state index contributed by atoms with van der Waals surface area (Å²) < 4.78 is 11.0. The fourth-order valence-corrected chi connectivity index (χ4v) is 1.67. The second kappa shape index (κ2) is 6.53. The third-order valence-electron chi connectivity index (χ3n) is 1.42. The van der Waals surface area contributed by atoms with Gasteiger partial charge in [0, 0.05) is 22.8 Å². The van der Waals surface area contributed by atoms with E-state index in [1.807, 2.05) is 0 Å². The van der Waals surface area contributed by atoms with E-state index in [2.05, 4.69) is 13.8 Å². The zero-order chi connectivity index (χ0) is 8.69. The maximum Gasteiger partial charge on any atom is 0.0582 e. The van der Waals surface area contributed by atoms with E-state index in [0.29, 0.717) is 11.7 Å². The smallest absolute Gasteiger partial charge is 0.0582 e. The van der Waals surface area contributed by atoms with Crippen LogP contribution in [0.4, 0.5) is 0 Å². The van der Waals surface area contributed by atoms with Crippen molar-refractivity contribution in [1.29, 1.82) is 5.41 Å². The molecule has 1 unspecified atom stereocenters. The van der Waals surface area contributed by atoms with Crippen molar-refractivity contribution in [2.24, 2.45) is 5.92 Å². The van der Waals surface area contributed by atoms with Gasteiger partial charge >= 0.3 is 0 Å². The van der Waals surface area contributed by atoms with Crippen molar-refractivity contribution in [3.8, 4) is 0 Å². The molecule has 0 aliphatic carbocycles. The van der Waals surface area contributed by atoms with E-state index in [-0.39, 0.29) is 0 Å². The van der Waals surface area contributed by atoms with Crippen molar-refractivity contribution in [2.45, 2.75) is 26.7 Å². The van der Waals surface area contributed by atoms with Gasteiger partial charge in [0.1, 0.15) is 0 Å². The summed E-state index contributed by atoms with van der Waals surface area (Å²) in [6.07, 6.45) is 3.40. The first-order valence-corrected chi connectivity index (χ1v) is 5.49. The third-order valence-corrected chi connectivity index (χ3v) is 2.71. The molecule has 1 N–H and O–H groups in total. The van der Waals surface area contributed by atoms with Crippen LogP contribution in [0.2, 0.25) is 0 Å². The zero-order valence-electron chi connectivity index (χ0n) is 7.30. The van der Waals surface area contributed by atoms with E-state index in [9.17, 15) is 4.21 Å². The zero-order valence-corrected chi connectivity index (χ0v) is 8.12. The molecule has 2 nitrogen and oxygen atoms in total. The summed E-state index contributed by atoms with van der Waals surface area (Å²) in [5.41, 5.74) is 0. The molecule has 0 aromatic heterocycles. The second-order valence-corrected chi connectivity index (χ2v) is 4.67. The van der Waals surface area contributed by atoms with Crippen molar-refractivity contribution >= 4 is 17.0 Å². The molecule has 0 saturated heterocycles. The quantitative estimate of drug-likeness (QED) is 0.615. The van der Waals surface area contributed by atoms with E-state index < -0.39 is 10.8 Å². The van der Waals surface area contributed by atoms with E-state index in [4.69, 9.17) is 5.41 Å². The Morgan fingerprint density at radius 1 is 1.55 bits per heavy atom. The van der Waals surface area contributed by atoms with Crippen LogP contribution in [0.1, 0.15) is 26.7 Å². The van der Waals surface area contributed by atoms with Crippen molar-refractivity contribution in [3.05, 3.63) is 0 Å². The highest BCUT2D eigenvalue weighted by Crippen LogP contribution is 2.03. The molecule has 66 valence electrons. The number of hydrogen-bond donors (Lipinski definition) is 1.